The highest BCUT2D eigenvalue weighted by molar-refractivity contribution is 5.76. The van der Waals surface area contributed by atoms with Gasteiger partial charge in [0.25, 0.3) is 0 Å². The van der Waals surface area contributed by atoms with E-state index >= 15 is 0 Å². The smallest absolute Gasteiger partial charge is 0.407 e. The van der Waals surface area contributed by atoms with Crippen molar-refractivity contribution >= 4 is 12.0 Å². The number of carbonyl (C=O) groups is 2. The van der Waals surface area contributed by atoms with Crippen LogP contribution in [0.1, 0.15) is 46.6 Å². The molecule has 1 rings (SSSR count). The van der Waals surface area contributed by atoms with Gasteiger partial charge in [0.15, 0.2) is 5.79 Å². The van der Waals surface area contributed by atoms with E-state index in [-0.39, 0.29) is 31.6 Å². The van der Waals surface area contributed by atoms with Gasteiger partial charge >= 0.3 is 6.09 Å². The lowest BCUT2D eigenvalue weighted by Crippen LogP contribution is -2.43. The molecular formula is C20H32N2O5. The highest BCUT2D eigenvalue weighted by atomic mass is 16.6. The summed E-state index contributed by atoms with van der Waals surface area (Å²) in [6, 6.07) is 9.13. The summed E-state index contributed by atoms with van der Waals surface area (Å²) in [5.74, 6) is -1.38. The van der Waals surface area contributed by atoms with E-state index in [1.165, 1.54) is 0 Å². The number of aliphatic hydroxyl groups is 1. The number of benzene rings is 1. The molecule has 152 valence electrons. The number of carbonyl (C=O) groups excluding carboxylic acids is 2. The summed E-state index contributed by atoms with van der Waals surface area (Å²) in [6.45, 7) is 9.40. The lowest BCUT2D eigenvalue weighted by atomic mass is 9.90. The van der Waals surface area contributed by atoms with Gasteiger partial charge in [-0.05, 0) is 31.7 Å². The SMILES string of the molecule is C[C@@H](CNC(=O)CC(C)(C)COC(C)(C)O)NC(=O)OCc1ccccc1. The van der Waals surface area contributed by atoms with E-state index in [9.17, 15) is 14.7 Å². The quantitative estimate of drug-likeness (QED) is 0.542. The van der Waals surface area contributed by atoms with Crippen molar-refractivity contribution in [2.24, 2.45) is 5.41 Å². The molecule has 0 radical (unpaired) electrons. The first-order valence-corrected chi connectivity index (χ1v) is 9.07. The maximum Gasteiger partial charge on any atom is 0.407 e. The van der Waals surface area contributed by atoms with Crippen molar-refractivity contribution in [3.63, 3.8) is 0 Å². The number of hydrogen-bond donors (Lipinski definition) is 3. The largest absolute Gasteiger partial charge is 0.445 e. The monoisotopic (exact) mass is 380 g/mol. The highest BCUT2D eigenvalue weighted by Gasteiger charge is 2.26. The van der Waals surface area contributed by atoms with Crippen LogP contribution in [0, 0.1) is 5.41 Å². The van der Waals surface area contributed by atoms with Gasteiger partial charge in [-0.25, -0.2) is 4.79 Å². The summed E-state index contributed by atoms with van der Waals surface area (Å²) in [4.78, 5) is 23.9. The Labute approximate surface area is 161 Å². The number of amides is 2. The second kappa shape index (κ2) is 10.3. The van der Waals surface area contributed by atoms with Crippen LogP contribution < -0.4 is 10.6 Å². The van der Waals surface area contributed by atoms with Crippen LogP contribution >= 0.6 is 0 Å². The zero-order chi connectivity index (χ0) is 20.5. The Morgan fingerprint density at radius 3 is 2.37 bits per heavy atom. The van der Waals surface area contributed by atoms with Crippen LogP contribution in [0.4, 0.5) is 4.79 Å². The van der Waals surface area contributed by atoms with Crippen molar-refractivity contribution in [2.45, 2.75) is 59.5 Å². The Morgan fingerprint density at radius 1 is 1.15 bits per heavy atom. The summed E-state index contributed by atoms with van der Waals surface area (Å²) in [6.07, 6.45) is -0.284. The average molecular weight is 380 g/mol. The molecule has 1 aromatic carbocycles. The van der Waals surface area contributed by atoms with Crippen molar-refractivity contribution in [3.05, 3.63) is 35.9 Å². The van der Waals surface area contributed by atoms with Crippen LogP contribution in [0.2, 0.25) is 0 Å². The molecule has 0 spiro atoms. The third-order valence-electron chi connectivity index (χ3n) is 3.64. The standard InChI is InChI=1S/C20H32N2O5/c1-15(22-18(24)26-13-16-9-7-6-8-10-16)12-21-17(23)11-19(2,3)14-27-20(4,5)25/h6-10,15,25H,11-14H2,1-5H3,(H,21,23)(H,22,24)/t15-/m0/s1. The fourth-order valence-electron chi connectivity index (χ4n) is 2.20. The van der Waals surface area contributed by atoms with Crippen molar-refractivity contribution in [2.75, 3.05) is 13.2 Å². The number of rotatable bonds is 10. The molecule has 0 unspecified atom stereocenters. The number of alkyl carbamates (subject to hydrolysis) is 1. The van der Waals surface area contributed by atoms with E-state index in [0.717, 1.165) is 5.56 Å². The highest BCUT2D eigenvalue weighted by Crippen LogP contribution is 2.22. The van der Waals surface area contributed by atoms with Crippen molar-refractivity contribution in [1.29, 1.82) is 0 Å². The van der Waals surface area contributed by atoms with Crippen molar-refractivity contribution < 1.29 is 24.2 Å². The Balaban J connectivity index is 2.27. The number of nitrogens with one attached hydrogen (secondary N) is 2. The molecule has 3 N–H and O–H groups in total. The summed E-state index contributed by atoms with van der Waals surface area (Å²) >= 11 is 0. The molecule has 0 bridgehead atoms. The molecule has 0 fully saturated rings. The first-order chi connectivity index (χ1) is 12.5. The number of ether oxygens (including phenoxy) is 2. The van der Waals surface area contributed by atoms with Gasteiger partial charge in [-0.1, -0.05) is 44.2 Å². The lowest BCUT2D eigenvalue weighted by molar-refractivity contribution is -0.192. The topological polar surface area (TPSA) is 96.9 Å². The van der Waals surface area contributed by atoms with E-state index in [1.54, 1.807) is 20.8 Å². The minimum absolute atomic E-state index is 0.148. The Kier molecular flexibility index (Phi) is 8.72. The molecule has 0 saturated heterocycles. The zero-order valence-electron chi connectivity index (χ0n) is 16.9. The van der Waals surface area contributed by atoms with Crippen LogP contribution in [0.3, 0.4) is 0 Å². The van der Waals surface area contributed by atoms with Crippen LogP contribution in [0.15, 0.2) is 30.3 Å². The van der Waals surface area contributed by atoms with Gasteiger partial charge in [0, 0.05) is 19.0 Å². The third-order valence-corrected chi connectivity index (χ3v) is 3.64. The van der Waals surface area contributed by atoms with E-state index in [0.29, 0.717) is 6.54 Å². The van der Waals surface area contributed by atoms with Gasteiger partial charge in [-0.2, -0.15) is 0 Å². The molecule has 7 nitrogen and oxygen atoms in total. The lowest BCUT2D eigenvalue weighted by Gasteiger charge is -2.28. The van der Waals surface area contributed by atoms with Crippen LogP contribution in [0.25, 0.3) is 0 Å². The maximum absolute atomic E-state index is 12.1. The Hall–Kier alpha value is -2.12. The number of hydrogen-bond acceptors (Lipinski definition) is 5. The molecule has 0 aliphatic carbocycles. The van der Waals surface area contributed by atoms with E-state index in [1.807, 2.05) is 44.2 Å². The molecule has 0 aromatic heterocycles. The van der Waals surface area contributed by atoms with Gasteiger partial charge in [-0.3, -0.25) is 4.79 Å². The molecule has 0 aliphatic rings. The van der Waals surface area contributed by atoms with Gasteiger partial charge < -0.3 is 25.2 Å². The van der Waals surface area contributed by atoms with Gasteiger partial charge in [0.1, 0.15) is 6.61 Å². The van der Waals surface area contributed by atoms with Gasteiger partial charge in [-0.15, -0.1) is 0 Å². The Morgan fingerprint density at radius 2 is 1.78 bits per heavy atom. The molecule has 0 saturated carbocycles. The molecule has 7 heteroatoms. The summed E-state index contributed by atoms with van der Waals surface area (Å²) in [5, 5.41) is 15.1. The summed E-state index contributed by atoms with van der Waals surface area (Å²) in [7, 11) is 0. The second-order valence-electron chi connectivity index (χ2n) is 7.99. The zero-order valence-corrected chi connectivity index (χ0v) is 16.9. The normalized spacial score (nSPS) is 13.0. The van der Waals surface area contributed by atoms with E-state index in [4.69, 9.17) is 9.47 Å². The molecule has 0 aliphatic heterocycles. The molecule has 2 amide bonds. The predicted octanol–water partition coefficient (Wildman–Crippen LogP) is 2.58. The molecule has 27 heavy (non-hydrogen) atoms. The van der Waals surface area contributed by atoms with Crippen molar-refractivity contribution in [1.82, 2.24) is 10.6 Å². The predicted molar refractivity (Wildman–Crippen MR) is 103 cm³/mol. The second-order valence-corrected chi connectivity index (χ2v) is 7.99. The van der Waals surface area contributed by atoms with Crippen LogP contribution in [-0.4, -0.2) is 42.1 Å². The fourth-order valence-corrected chi connectivity index (χ4v) is 2.20. The van der Waals surface area contributed by atoms with Crippen LogP contribution in [-0.2, 0) is 20.9 Å². The fraction of sp³-hybridized carbons (Fsp3) is 0.600. The van der Waals surface area contributed by atoms with Gasteiger partial charge in [0.05, 0.1) is 6.61 Å². The summed E-state index contributed by atoms with van der Waals surface area (Å²) in [5.41, 5.74) is 0.485. The first-order valence-electron chi connectivity index (χ1n) is 9.07. The Bertz CT molecular complexity index is 596. The van der Waals surface area contributed by atoms with E-state index in [2.05, 4.69) is 10.6 Å². The average Bonchev–Trinajstić information content (AvgIpc) is 2.57. The summed E-state index contributed by atoms with van der Waals surface area (Å²) < 4.78 is 10.5. The van der Waals surface area contributed by atoms with Crippen LogP contribution in [0.5, 0.6) is 0 Å². The molecule has 1 atom stereocenters. The molecular weight excluding hydrogens is 348 g/mol. The maximum atomic E-state index is 12.1. The minimum Gasteiger partial charge on any atom is -0.445 e. The molecule has 0 heterocycles. The third kappa shape index (κ3) is 11.2. The molecule has 1 aromatic rings. The van der Waals surface area contributed by atoms with Crippen molar-refractivity contribution in [3.8, 4) is 0 Å². The first kappa shape index (κ1) is 22.9. The minimum atomic E-state index is -1.23. The van der Waals surface area contributed by atoms with E-state index < -0.39 is 17.3 Å². The van der Waals surface area contributed by atoms with Gasteiger partial charge in [0.2, 0.25) is 5.91 Å².